The molecule has 0 spiro atoms. The molecule has 2 heterocycles. The predicted molar refractivity (Wildman–Crippen MR) is 124 cm³/mol. The van der Waals surface area contributed by atoms with Gasteiger partial charge < -0.3 is 10.2 Å². The maximum atomic E-state index is 9.36. The molecule has 31 heavy (non-hydrogen) atoms. The highest BCUT2D eigenvalue weighted by Crippen LogP contribution is 2.25. The van der Waals surface area contributed by atoms with Gasteiger partial charge in [0.2, 0.25) is 11.9 Å². The van der Waals surface area contributed by atoms with E-state index in [0.717, 1.165) is 51.7 Å². The summed E-state index contributed by atoms with van der Waals surface area (Å²) in [4.78, 5) is 15.4. The zero-order valence-corrected chi connectivity index (χ0v) is 17.7. The second kappa shape index (κ2) is 10.7. The van der Waals surface area contributed by atoms with E-state index in [9.17, 15) is 5.21 Å². The van der Waals surface area contributed by atoms with Crippen molar-refractivity contribution >= 4 is 17.8 Å². The van der Waals surface area contributed by atoms with Gasteiger partial charge in [0.1, 0.15) is 0 Å². The lowest BCUT2D eigenvalue weighted by atomic mass is 9.90. The minimum Gasteiger partial charge on any atom is -0.354 e. The molecule has 1 aromatic heterocycles. The van der Waals surface area contributed by atoms with Crippen LogP contribution in [0.5, 0.6) is 0 Å². The van der Waals surface area contributed by atoms with Crippen molar-refractivity contribution in [2.75, 3.05) is 35.3 Å². The zero-order valence-electron chi connectivity index (χ0n) is 17.7. The number of piperidine rings is 1. The average molecular weight is 419 g/mol. The molecule has 1 aliphatic heterocycles. The first-order chi connectivity index (χ1) is 15.3. The molecule has 3 N–H and O–H groups in total. The quantitative estimate of drug-likeness (QED) is 0.355. The molecule has 162 valence electrons. The topological polar surface area (TPSA) is 86.2 Å². The van der Waals surface area contributed by atoms with Crippen LogP contribution in [0.25, 0.3) is 0 Å². The molecule has 0 saturated carbocycles. The number of aryl methyl sites for hydroxylation is 1. The minimum absolute atomic E-state index is 0.168. The summed E-state index contributed by atoms with van der Waals surface area (Å²) in [5.74, 6) is 1.93. The third-order valence-electron chi connectivity index (χ3n) is 5.76. The van der Waals surface area contributed by atoms with E-state index in [0.29, 0.717) is 17.8 Å². The second-order valence-corrected chi connectivity index (χ2v) is 8.03. The monoisotopic (exact) mass is 418 g/mol. The van der Waals surface area contributed by atoms with Gasteiger partial charge in [-0.3, -0.25) is 5.21 Å². The first-order valence-electron chi connectivity index (χ1n) is 11.0. The molecule has 2 aromatic carbocycles. The number of rotatable bonds is 9. The SMILES string of the molecule is ONc1nc(NCCCc2ccccc2)nc(N2CCC(Cc3ccccc3)CC2)n1. The summed E-state index contributed by atoms with van der Waals surface area (Å²) in [6.45, 7) is 2.56. The van der Waals surface area contributed by atoms with Gasteiger partial charge in [0.05, 0.1) is 0 Å². The molecule has 4 rings (SSSR count). The van der Waals surface area contributed by atoms with E-state index < -0.39 is 0 Å². The van der Waals surface area contributed by atoms with Gasteiger partial charge in [-0.25, -0.2) is 5.48 Å². The van der Waals surface area contributed by atoms with Gasteiger partial charge in [-0.1, -0.05) is 60.7 Å². The number of anilines is 3. The van der Waals surface area contributed by atoms with Crippen LogP contribution in [-0.2, 0) is 12.8 Å². The highest BCUT2D eigenvalue weighted by Gasteiger charge is 2.22. The summed E-state index contributed by atoms with van der Waals surface area (Å²) in [5.41, 5.74) is 4.79. The fourth-order valence-electron chi connectivity index (χ4n) is 4.06. The van der Waals surface area contributed by atoms with Crippen LogP contribution in [0.1, 0.15) is 30.4 Å². The molecule has 1 saturated heterocycles. The Morgan fingerprint density at radius 1 is 0.839 bits per heavy atom. The van der Waals surface area contributed by atoms with Gasteiger partial charge in [-0.2, -0.15) is 15.0 Å². The van der Waals surface area contributed by atoms with E-state index in [1.807, 2.05) is 6.07 Å². The first-order valence-corrected chi connectivity index (χ1v) is 11.0. The van der Waals surface area contributed by atoms with Crippen LogP contribution < -0.4 is 15.7 Å². The van der Waals surface area contributed by atoms with Crippen molar-refractivity contribution in [2.24, 2.45) is 5.92 Å². The third-order valence-corrected chi connectivity index (χ3v) is 5.76. The van der Waals surface area contributed by atoms with Crippen LogP contribution in [0, 0.1) is 5.92 Å². The summed E-state index contributed by atoms with van der Waals surface area (Å²) in [7, 11) is 0. The van der Waals surface area contributed by atoms with Gasteiger partial charge >= 0.3 is 0 Å². The second-order valence-electron chi connectivity index (χ2n) is 8.03. The predicted octanol–water partition coefficient (Wildman–Crippen LogP) is 4.18. The van der Waals surface area contributed by atoms with Crippen LogP contribution >= 0.6 is 0 Å². The molecule has 0 aliphatic carbocycles. The molecule has 0 bridgehead atoms. The maximum absolute atomic E-state index is 9.36. The molecule has 1 fully saturated rings. The number of benzene rings is 2. The fourth-order valence-corrected chi connectivity index (χ4v) is 4.06. The lowest BCUT2D eigenvalue weighted by Gasteiger charge is -2.32. The number of hydrogen-bond donors (Lipinski definition) is 3. The van der Waals surface area contributed by atoms with Crippen LogP contribution in [0.4, 0.5) is 17.8 Å². The van der Waals surface area contributed by atoms with E-state index in [1.165, 1.54) is 11.1 Å². The van der Waals surface area contributed by atoms with Crippen molar-refractivity contribution in [3.05, 3.63) is 71.8 Å². The van der Waals surface area contributed by atoms with Crippen LogP contribution in [0.3, 0.4) is 0 Å². The number of nitrogens with one attached hydrogen (secondary N) is 2. The van der Waals surface area contributed by atoms with Gasteiger partial charge in [0, 0.05) is 19.6 Å². The third kappa shape index (κ3) is 6.15. The first kappa shape index (κ1) is 21.1. The van der Waals surface area contributed by atoms with Gasteiger partial charge in [0.15, 0.2) is 0 Å². The van der Waals surface area contributed by atoms with E-state index in [-0.39, 0.29) is 5.95 Å². The smallest absolute Gasteiger partial charge is 0.253 e. The molecule has 3 aromatic rings. The molecule has 7 heteroatoms. The van der Waals surface area contributed by atoms with Crippen molar-refractivity contribution in [1.29, 1.82) is 0 Å². The molecular formula is C24H30N6O. The summed E-state index contributed by atoms with van der Waals surface area (Å²) in [6.07, 6.45) is 5.28. The Morgan fingerprint density at radius 2 is 1.48 bits per heavy atom. The molecule has 0 radical (unpaired) electrons. The van der Waals surface area contributed by atoms with Gasteiger partial charge in [-0.15, -0.1) is 0 Å². The van der Waals surface area contributed by atoms with E-state index in [2.05, 4.69) is 85.2 Å². The molecule has 0 unspecified atom stereocenters. The van der Waals surface area contributed by atoms with Crippen molar-refractivity contribution < 1.29 is 5.21 Å². The summed E-state index contributed by atoms with van der Waals surface area (Å²) >= 11 is 0. The molecule has 0 atom stereocenters. The minimum atomic E-state index is 0.168. The van der Waals surface area contributed by atoms with Crippen LogP contribution in [0.2, 0.25) is 0 Å². The van der Waals surface area contributed by atoms with Crippen LogP contribution in [-0.4, -0.2) is 39.8 Å². The van der Waals surface area contributed by atoms with Gasteiger partial charge in [-0.05, 0) is 49.1 Å². The molecule has 1 aliphatic rings. The molecule has 7 nitrogen and oxygen atoms in total. The Hall–Kier alpha value is -3.19. The normalized spacial score (nSPS) is 14.4. The van der Waals surface area contributed by atoms with Crippen molar-refractivity contribution in [3.63, 3.8) is 0 Å². The van der Waals surface area contributed by atoms with Crippen molar-refractivity contribution in [2.45, 2.75) is 32.1 Å². The lowest BCUT2D eigenvalue weighted by Crippen LogP contribution is -2.35. The van der Waals surface area contributed by atoms with Crippen molar-refractivity contribution in [3.8, 4) is 0 Å². The standard InChI is InChI=1S/C24H30N6O/c31-29-23-26-22(25-15-7-12-19-8-3-1-4-9-19)27-24(28-23)30-16-13-21(14-17-30)18-20-10-5-2-6-11-20/h1-6,8-11,21,31H,7,12-18H2,(H2,25,26,27,28,29). The Balaban J connectivity index is 1.31. The van der Waals surface area contributed by atoms with Crippen molar-refractivity contribution in [1.82, 2.24) is 15.0 Å². The van der Waals surface area contributed by atoms with Crippen LogP contribution in [0.15, 0.2) is 60.7 Å². The Morgan fingerprint density at radius 3 is 2.16 bits per heavy atom. The zero-order chi connectivity index (χ0) is 21.3. The molecule has 0 amide bonds. The molecular weight excluding hydrogens is 388 g/mol. The largest absolute Gasteiger partial charge is 0.354 e. The highest BCUT2D eigenvalue weighted by molar-refractivity contribution is 5.43. The Bertz CT molecular complexity index is 929. The van der Waals surface area contributed by atoms with E-state index in [4.69, 9.17) is 0 Å². The Kier molecular flexibility index (Phi) is 7.28. The maximum Gasteiger partial charge on any atom is 0.253 e. The number of nitrogens with zero attached hydrogens (tertiary/aromatic N) is 4. The number of hydrogen-bond acceptors (Lipinski definition) is 7. The number of aromatic nitrogens is 3. The summed E-state index contributed by atoms with van der Waals surface area (Å²) in [5, 5.41) is 12.6. The average Bonchev–Trinajstić information content (AvgIpc) is 2.83. The highest BCUT2D eigenvalue weighted by atomic mass is 16.5. The summed E-state index contributed by atoms with van der Waals surface area (Å²) in [6, 6.07) is 21.1. The summed E-state index contributed by atoms with van der Waals surface area (Å²) < 4.78 is 0. The fraction of sp³-hybridized carbons (Fsp3) is 0.375. The van der Waals surface area contributed by atoms with E-state index >= 15 is 0 Å². The van der Waals surface area contributed by atoms with E-state index in [1.54, 1.807) is 0 Å². The Labute approximate surface area is 183 Å². The lowest BCUT2D eigenvalue weighted by molar-refractivity contribution is 0.381. The van der Waals surface area contributed by atoms with Gasteiger partial charge in [0.25, 0.3) is 5.95 Å².